The van der Waals surface area contributed by atoms with Crippen molar-refractivity contribution in [1.29, 1.82) is 0 Å². The summed E-state index contributed by atoms with van der Waals surface area (Å²) in [5.74, 6) is 1.38. The smallest absolute Gasteiger partial charge is 0.172 e. The molecule has 0 heterocycles. The number of rotatable bonds is 3. The lowest BCUT2D eigenvalue weighted by Crippen LogP contribution is -2.22. The Morgan fingerprint density at radius 3 is 1.75 bits per heavy atom. The minimum Gasteiger partial charge on any atom is -0.496 e. The van der Waals surface area contributed by atoms with Crippen molar-refractivity contribution in [2.45, 2.75) is 47.0 Å². The van der Waals surface area contributed by atoms with E-state index in [1.165, 1.54) is 0 Å². The highest BCUT2D eigenvalue weighted by atomic mass is 16.5. The number of ether oxygens (including phenoxy) is 2. The highest BCUT2D eigenvalue weighted by Crippen LogP contribution is 2.38. The predicted octanol–water partition coefficient (Wildman–Crippen LogP) is 4.23. The Kier molecular flexibility index (Phi) is 4.52. The third kappa shape index (κ3) is 3.33. The molecule has 3 heteroatoms. The molecule has 0 aliphatic rings. The fourth-order valence-electron chi connectivity index (χ4n) is 2.07. The number of ketones is 1. The summed E-state index contributed by atoms with van der Waals surface area (Å²) in [5, 5.41) is 0. The molecule has 0 radical (unpaired) electrons. The Morgan fingerprint density at radius 2 is 1.40 bits per heavy atom. The normalized spacial score (nSPS) is 12.2. The molecule has 3 nitrogen and oxygen atoms in total. The first-order valence-electron chi connectivity index (χ1n) is 6.83. The second-order valence-corrected chi connectivity index (χ2v) is 7.08. The van der Waals surface area contributed by atoms with E-state index in [1.54, 1.807) is 20.3 Å². The van der Waals surface area contributed by atoms with E-state index in [1.807, 2.05) is 26.8 Å². The van der Waals surface area contributed by atoms with Gasteiger partial charge in [0.15, 0.2) is 5.78 Å². The molecular weight excluding hydrogens is 252 g/mol. The van der Waals surface area contributed by atoms with Gasteiger partial charge in [-0.15, -0.1) is 0 Å². The second-order valence-electron chi connectivity index (χ2n) is 7.08. The summed E-state index contributed by atoms with van der Waals surface area (Å²) in [6.07, 6.45) is 0. The van der Waals surface area contributed by atoms with Crippen LogP contribution in [0, 0.1) is 5.41 Å². The Balaban J connectivity index is 3.53. The van der Waals surface area contributed by atoms with Gasteiger partial charge >= 0.3 is 0 Å². The van der Waals surface area contributed by atoms with Gasteiger partial charge in [-0.3, -0.25) is 4.79 Å². The maximum atomic E-state index is 12.5. The van der Waals surface area contributed by atoms with Crippen LogP contribution in [0.5, 0.6) is 11.5 Å². The van der Waals surface area contributed by atoms with Gasteiger partial charge in [-0.2, -0.15) is 0 Å². The van der Waals surface area contributed by atoms with Crippen LogP contribution in [-0.4, -0.2) is 20.0 Å². The van der Waals surface area contributed by atoms with Gasteiger partial charge in [-0.25, -0.2) is 0 Å². The predicted molar refractivity (Wildman–Crippen MR) is 82.0 cm³/mol. The van der Waals surface area contributed by atoms with Crippen molar-refractivity contribution in [1.82, 2.24) is 0 Å². The standard InChI is InChI=1S/C17H26O3/c1-16(2,3)12-10-13(19-7)11(9-14(12)20-8)15(18)17(4,5)6/h9-10H,1-8H3. The molecule has 112 valence electrons. The zero-order chi connectivity index (χ0) is 15.7. The molecule has 1 aromatic carbocycles. The quantitative estimate of drug-likeness (QED) is 0.776. The molecule has 0 saturated heterocycles. The SMILES string of the molecule is COc1cc(C(C)(C)C)c(OC)cc1C(=O)C(C)(C)C. The minimum absolute atomic E-state index is 0.0492. The van der Waals surface area contributed by atoms with Crippen LogP contribution in [0.4, 0.5) is 0 Å². The summed E-state index contributed by atoms with van der Waals surface area (Å²) in [5.41, 5.74) is 1.07. The summed E-state index contributed by atoms with van der Waals surface area (Å²) >= 11 is 0. The fourth-order valence-corrected chi connectivity index (χ4v) is 2.07. The summed E-state index contributed by atoms with van der Waals surface area (Å²) in [7, 11) is 3.22. The Morgan fingerprint density at radius 1 is 0.900 bits per heavy atom. The monoisotopic (exact) mass is 278 g/mol. The first-order valence-corrected chi connectivity index (χ1v) is 6.83. The Labute approximate surface area is 122 Å². The molecule has 0 aliphatic carbocycles. The van der Waals surface area contributed by atoms with Crippen molar-refractivity contribution in [3.63, 3.8) is 0 Å². The van der Waals surface area contributed by atoms with Crippen LogP contribution in [0.3, 0.4) is 0 Å². The first kappa shape index (κ1) is 16.5. The third-order valence-electron chi connectivity index (χ3n) is 3.26. The van der Waals surface area contributed by atoms with E-state index in [0.717, 1.165) is 11.3 Å². The zero-order valence-electron chi connectivity index (χ0n) is 13.9. The number of methoxy groups -OCH3 is 2. The van der Waals surface area contributed by atoms with Gasteiger partial charge in [0.1, 0.15) is 11.5 Å². The van der Waals surface area contributed by atoms with Crippen LogP contribution in [0.15, 0.2) is 12.1 Å². The van der Waals surface area contributed by atoms with Crippen LogP contribution in [-0.2, 0) is 5.41 Å². The Hall–Kier alpha value is -1.51. The molecule has 20 heavy (non-hydrogen) atoms. The highest BCUT2D eigenvalue weighted by Gasteiger charge is 2.29. The van der Waals surface area contributed by atoms with Crippen LogP contribution >= 0.6 is 0 Å². The van der Waals surface area contributed by atoms with E-state index in [-0.39, 0.29) is 11.2 Å². The van der Waals surface area contributed by atoms with Crippen molar-refractivity contribution < 1.29 is 14.3 Å². The minimum atomic E-state index is -0.457. The summed E-state index contributed by atoms with van der Waals surface area (Å²) in [6, 6.07) is 3.71. The van der Waals surface area contributed by atoms with Gasteiger partial charge in [0.05, 0.1) is 19.8 Å². The molecule has 0 bridgehead atoms. The topological polar surface area (TPSA) is 35.5 Å². The molecule has 0 aliphatic heterocycles. The molecule has 1 aromatic rings. The van der Waals surface area contributed by atoms with Crippen molar-refractivity contribution in [2.24, 2.45) is 5.41 Å². The fraction of sp³-hybridized carbons (Fsp3) is 0.588. The van der Waals surface area contributed by atoms with Gasteiger partial charge in [-0.05, 0) is 17.5 Å². The van der Waals surface area contributed by atoms with E-state index in [2.05, 4.69) is 20.8 Å². The van der Waals surface area contributed by atoms with E-state index in [4.69, 9.17) is 9.47 Å². The lowest BCUT2D eigenvalue weighted by molar-refractivity contribution is 0.0854. The van der Waals surface area contributed by atoms with Crippen molar-refractivity contribution >= 4 is 5.78 Å². The van der Waals surface area contributed by atoms with Gasteiger partial charge in [-0.1, -0.05) is 41.5 Å². The Bertz CT molecular complexity index is 502. The number of Topliss-reactive ketones (excluding diaryl/α,β-unsaturated/α-hetero) is 1. The summed E-state index contributed by atoms with van der Waals surface area (Å²) in [6.45, 7) is 12.0. The molecule has 0 atom stereocenters. The third-order valence-corrected chi connectivity index (χ3v) is 3.26. The van der Waals surface area contributed by atoms with Crippen LogP contribution in [0.1, 0.15) is 57.5 Å². The largest absolute Gasteiger partial charge is 0.496 e. The maximum absolute atomic E-state index is 12.5. The number of hydrogen-bond donors (Lipinski definition) is 0. The molecule has 0 aromatic heterocycles. The summed E-state index contributed by atoms with van der Waals surface area (Å²) in [4.78, 5) is 12.5. The number of benzene rings is 1. The van der Waals surface area contributed by atoms with Crippen molar-refractivity contribution in [3.8, 4) is 11.5 Å². The molecule has 0 unspecified atom stereocenters. The lowest BCUT2D eigenvalue weighted by Gasteiger charge is -2.25. The summed E-state index contributed by atoms with van der Waals surface area (Å²) < 4.78 is 10.9. The van der Waals surface area contributed by atoms with Gasteiger partial charge in [0, 0.05) is 11.0 Å². The number of carbonyl (C=O) groups is 1. The van der Waals surface area contributed by atoms with Crippen LogP contribution in [0.2, 0.25) is 0 Å². The van der Waals surface area contributed by atoms with Crippen LogP contribution in [0.25, 0.3) is 0 Å². The number of carbonyl (C=O) groups excluding carboxylic acids is 1. The molecule has 0 N–H and O–H groups in total. The number of hydrogen-bond acceptors (Lipinski definition) is 3. The van der Waals surface area contributed by atoms with Gasteiger partial charge < -0.3 is 9.47 Å². The van der Waals surface area contributed by atoms with E-state index in [9.17, 15) is 4.79 Å². The molecule has 0 fully saturated rings. The molecule has 1 rings (SSSR count). The molecular formula is C17H26O3. The highest BCUT2D eigenvalue weighted by molar-refractivity contribution is 6.02. The average molecular weight is 278 g/mol. The van der Waals surface area contributed by atoms with Crippen molar-refractivity contribution in [2.75, 3.05) is 14.2 Å². The second kappa shape index (κ2) is 5.47. The van der Waals surface area contributed by atoms with Crippen molar-refractivity contribution in [3.05, 3.63) is 23.3 Å². The average Bonchev–Trinajstić information content (AvgIpc) is 2.33. The van der Waals surface area contributed by atoms with Crippen LogP contribution < -0.4 is 9.47 Å². The van der Waals surface area contributed by atoms with Gasteiger partial charge in [0.2, 0.25) is 0 Å². The zero-order valence-corrected chi connectivity index (χ0v) is 13.9. The van der Waals surface area contributed by atoms with Gasteiger partial charge in [0.25, 0.3) is 0 Å². The molecule has 0 amide bonds. The lowest BCUT2D eigenvalue weighted by atomic mass is 9.82. The van der Waals surface area contributed by atoms with E-state index >= 15 is 0 Å². The first-order chi connectivity index (χ1) is 9.02. The molecule has 0 saturated carbocycles. The van der Waals surface area contributed by atoms with E-state index < -0.39 is 5.41 Å². The van der Waals surface area contributed by atoms with E-state index in [0.29, 0.717) is 11.3 Å². The molecule has 0 spiro atoms. The maximum Gasteiger partial charge on any atom is 0.172 e.